The van der Waals surface area contributed by atoms with Crippen LogP contribution in [0, 0.1) is 12.8 Å². The van der Waals surface area contributed by atoms with Crippen molar-refractivity contribution in [2.24, 2.45) is 5.92 Å². The number of nitrogens with one attached hydrogen (secondary N) is 1. The summed E-state index contributed by atoms with van der Waals surface area (Å²) in [7, 11) is 0. The fraction of sp³-hybridized carbons (Fsp3) is 0.562. The second kappa shape index (κ2) is 5.66. The molecule has 1 aromatic carbocycles. The predicted octanol–water partition coefficient (Wildman–Crippen LogP) is 3.99. The van der Waals surface area contributed by atoms with Crippen molar-refractivity contribution < 1.29 is 4.79 Å². The Morgan fingerprint density at radius 1 is 1.42 bits per heavy atom. The van der Waals surface area contributed by atoms with Crippen LogP contribution < -0.4 is 5.32 Å². The molecule has 2 rings (SSSR count). The first kappa shape index (κ1) is 14.6. The SMILES string of the molecule is Cc1ccc(CC2(CC(C)C)CCC(=O)N2)c(Br)c1. The third kappa shape index (κ3) is 3.59. The fourth-order valence-corrected chi connectivity index (χ4v) is 3.71. The molecular formula is C16H22BrNO. The van der Waals surface area contributed by atoms with Gasteiger partial charge in [-0.15, -0.1) is 0 Å². The lowest BCUT2D eigenvalue weighted by molar-refractivity contribution is -0.119. The van der Waals surface area contributed by atoms with Crippen molar-refractivity contribution in [3.8, 4) is 0 Å². The molecule has 0 aromatic heterocycles. The van der Waals surface area contributed by atoms with Gasteiger partial charge in [0, 0.05) is 16.4 Å². The zero-order valence-corrected chi connectivity index (χ0v) is 13.5. The van der Waals surface area contributed by atoms with Crippen LogP contribution in [0.2, 0.25) is 0 Å². The van der Waals surface area contributed by atoms with Crippen molar-refractivity contribution in [3.63, 3.8) is 0 Å². The summed E-state index contributed by atoms with van der Waals surface area (Å²) < 4.78 is 1.15. The lowest BCUT2D eigenvalue weighted by atomic mass is 9.82. The average Bonchev–Trinajstić information content (AvgIpc) is 2.63. The largest absolute Gasteiger partial charge is 0.350 e. The van der Waals surface area contributed by atoms with Gasteiger partial charge in [0.2, 0.25) is 5.91 Å². The Morgan fingerprint density at radius 2 is 2.16 bits per heavy atom. The van der Waals surface area contributed by atoms with Crippen LogP contribution in [0.3, 0.4) is 0 Å². The molecule has 0 bridgehead atoms. The summed E-state index contributed by atoms with van der Waals surface area (Å²) in [6.45, 7) is 6.53. The molecule has 2 nitrogen and oxygen atoms in total. The Hall–Kier alpha value is -0.830. The van der Waals surface area contributed by atoms with Gasteiger partial charge < -0.3 is 5.32 Å². The van der Waals surface area contributed by atoms with Crippen molar-refractivity contribution in [1.82, 2.24) is 5.32 Å². The van der Waals surface area contributed by atoms with Crippen LogP contribution in [0.15, 0.2) is 22.7 Å². The van der Waals surface area contributed by atoms with Crippen LogP contribution in [0.4, 0.5) is 0 Å². The molecule has 1 saturated heterocycles. The lowest BCUT2D eigenvalue weighted by Crippen LogP contribution is -2.44. The maximum Gasteiger partial charge on any atom is 0.220 e. The molecule has 104 valence electrons. The number of aryl methyl sites for hydroxylation is 1. The van der Waals surface area contributed by atoms with Crippen molar-refractivity contribution >= 4 is 21.8 Å². The van der Waals surface area contributed by atoms with E-state index in [4.69, 9.17) is 0 Å². The second-order valence-electron chi connectivity index (χ2n) is 6.20. The van der Waals surface area contributed by atoms with Crippen molar-refractivity contribution in [2.45, 2.75) is 52.0 Å². The molecule has 1 aromatic rings. The van der Waals surface area contributed by atoms with Gasteiger partial charge in [-0.1, -0.05) is 41.9 Å². The van der Waals surface area contributed by atoms with Crippen molar-refractivity contribution in [3.05, 3.63) is 33.8 Å². The number of benzene rings is 1. The fourth-order valence-electron chi connectivity index (χ4n) is 3.07. The van der Waals surface area contributed by atoms with Gasteiger partial charge in [-0.3, -0.25) is 4.79 Å². The molecule has 1 atom stereocenters. The summed E-state index contributed by atoms with van der Waals surface area (Å²) in [5.74, 6) is 0.784. The van der Waals surface area contributed by atoms with Crippen LogP contribution in [0.5, 0.6) is 0 Å². The molecule has 1 aliphatic rings. The number of hydrogen-bond acceptors (Lipinski definition) is 1. The Kier molecular flexibility index (Phi) is 4.34. The molecule has 0 radical (unpaired) electrons. The third-order valence-electron chi connectivity index (χ3n) is 3.77. The standard InChI is InChI=1S/C16H22BrNO/c1-11(2)9-16(7-6-15(19)18-16)10-13-5-4-12(3)8-14(13)17/h4-5,8,11H,6-7,9-10H2,1-3H3,(H,18,19). The first-order chi connectivity index (χ1) is 8.90. The number of amides is 1. The molecule has 19 heavy (non-hydrogen) atoms. The molecule has 1 aliphatic heterocycles. The Bertz CT molecular complexity index is 484. The van der Waals surface area contributed by atoms with E-state index in [1.54, 1.807) is 0 Å². The molecule has 0 aliphatic carbocycles. The summed E-state index contributed by atoms with van der Waals surface area (Å²) >= 11 is 3.65. The van der Waals surface area contributed by atoms with Gasteiger partial charge in [-0.05, 0) is 49.3 Å². The highest BCUT2D eigenvalue weighted by Crippen LogP contribution is 2.33. The summed E-state index contributed by atoms with van der Waals surface area (Å²) in [5, 5.41) is 3.23. The number of rotatable bonds is 4. The van der Waals surface area contributed by atoms with Crippen LogP contribution in [-0.4, -0.2) is 11.4 Å². The quantitative estimate of drug-likeness (QED) is 0.891. The Labute approximate surface area is 124 Å². The van der Waals surface area contributed by atoms with E-state index < -0.39 is 0 Å². The van der Waals surface area contributed by atoms with E-state index in [9.17, 15) is 4.79 Å². The number of halogens is 1. The van der Waals surface area contributed by atoms with Crippen LogP contribution >= 0.6 is 15.9 Å². The van der Waals surface area contributed by atoms with Gasteiger partial charge in [0.05, 0.1) is 0 Å². The average molecular weight is 324 g/mol. The van der Waals surface area contributed by atoms with Gasteiger partial charge >= 0.3 is 0 Å². The van der Waals surface area contributed by atoms with Crippen molar-refractivity contribution in [1.29, 1.82) is 0 Å². The molecule has 1 amide bonds. The zero-order valence-electron chi connectivity index (χ0n) is 11.9. The third-order valence-corrected chi connectivity index (χ3v) is 4.51. The highest BCUT2D eigenvalue weighted by Gasteiger charge is 2.38. The molecule has 1 N–H and O–H groups in total. The molecule has 1 unspecified atom stereocenters. The monoisotopic (exact) mass is 323 g/mol. The molecule has 1 heterocycles. The predicted molar refractivity (Wildman–Crippen MR) is 82.1 cm³/mol. The van der Waals surface area contributed by atoms with E-state index in [-0.39, 0.29) is 11.4 Å². The van der Waals surface area contributed by atoms with E-state index >= 15 is 0 Å². The first-order valence-electron chi connectivity index (χ1n) is 6.96. The Morgan fingerprint density at radius 3 is 2.68 bits per heavy atom. The minimum absolute atomic E-state index is 0.0526. The highest BCUT2D eigenvalue weighted by atomic mass is 79.9. The molecule has 1 fully saturated rings. The second-order valence-corrected chi connectivity index (χ2v) is 7.05. The van der Waals surface area contributed by atoms with E-state index in [0.29, 0.717) is 12.3 Å². The van der Waals surface area contributed by atoms with E-state index in [1.807, 2.05) is 0 Å². The topological polar surface area (TPSA) is 29.1 Å². The summed E-state index contributed by atoms with van der Waals surface area (Å²) in [6.07, 6.45) is 3.57. The van der Waals surface area contributed by atoms with E-state index in [2.05, 4.69) is 60.2 Å². The van der Waals surface area contributed by atoms with Gasteiger partial charge in [-0.2, -0.15) is 0 Å². The number of hydrogen-bond donors (Lipinski definition) is 1. The first-order valence-corrected chi connectivity index (χ1v) is 7.75. The van der Waals surface area contributed by atoms with Gasteiger partial charge in [0.25, 0.3) is 0 Å². The molecule has 0 spiro atoms. The van der Waals surface area contributed by atoms with Gasteiger partial charge in [0.1, 0.15) is 0 Å². The minimum Gasteiger partial charge on any atom is -0.350 e. The molecular weight excluding hydrogens is 302 g/mol. The number of carbonyl (C=O) groups is 1. The normalized spacial score (nSPS) is 22.9. The summed E-state index contributed by atoms with van der Waals surface area (Å²) in [6, 6.07) is 6.46. The lowest BCUT2D eigenvalue weighted by Gasteiger charge is -2.31. The van der Waals surface area contributed by atoms with Crippen LogP contribution in [-0.2, 0) is 11.2 Å². The zero-order chi connectivity index (χ0) is 14.0. The maximum atomic E-state index is 11.6. The minimum atomic E-state index is -0.0526. The van der Waals surface area contributed by atoms with Gasteiger partial charge in [-0.25, -0.2) is 0 Å². The summed E-state index contributed by atoms with van der Waals surface area (Å²) in [5.41, 5.74) is 2.49. The smallest absolute Gasteiger partial charge is 0.220 e. The number of carbonyl (C=O) groups excluding carboxylic acids is 1. The highest BCUT2D eigenvalue weighted by molar-refractivity contribution is 9.10. The van der Waals surface area contributed by atoms with E-state index in [0.717, 1.165) is 23.7 Å². The van der Waals surface area contributed by atoms with Crippen LogP contribution in [0.1, 0.15) is 44.2 Å². The molecule has 0 saturated carbocycles. The van der Waals surface area contributed by atoms with Gasteiger partial charge in [0.15, 0.2) is 0 Å². The summed E-state index contributed by atoms with van der Waals surface area (Å²) in [4.78, 5) is 11.6. The molecule has 3 heteroatoms. The Balaban J connectivity index is 2.23. The van der Waals surface area contributed by atoms with Crippen molar-refractivity contribution in [2.75, 3.05) is 0 Å². The maximum absolute atomic E-state index is 11.6. The van der Waals surface area contributed by atoms with E-state index in [1.165, 1.54) is 11.1 Å². The van der Waals surface area contributed by atoms with Crippen LogP contribution in [0.25, 0.3) is 0 Å².